The quantitative estimate of drug-likeness (QED) is 0.924. The molecule has 102 valence electrons. The Balaban J connectivity index is 2.11. The van der Waals surface area contributed by atoms with Gasteiger partial charge in [-0.1, -0.05) is 22.0 Å². The smallest absolute Gasteiger partial charge is 0.240 e. The van der Waals surface area contributed by atoms with Crippen LogP contribution < -0.4 is 10.2 Å². The zero-order chi connectivity index (χ0) is 14.0. The van der Waals surface area contributed by atoms with Gasteiger partial charge in [0.2, 0.25) is 11.8 Å². The zero-order valence-electron chi connectivity index (χ0n) is 11.1. The van der Waals surface area contributed by atoms with E-state index in [1.165, 1.54) is 11.8 Å². The summed E-state index contributed by atoms with van der Waals surface area (Å²) in [6, 6.07) is 5.95. The molecule has 0 atom stereocenters. The summed E-state index contributed by atoms with van der Waals surface area (Å²) in [5.74, 6) is -0.240. The number of nitrogens with one attached hydrogen (secondary N) is 1. The van der Waals surface area contributed by atoms with Crippen molar-refractivity contribution in [2.24, 2.45) is 0 Å². The summed E-state index contributed by atoms with van der Waals surface area (Å²) in [4.78, 5) is 25.0. The van der Waals surface area contributed by atoms with Crippen molar-refractivity contribution in [1.29, 1.82) is 0 Å². The Morgan fingerprint density at radius 3 is 2.63 bits per heavy atom. The van der Waals surface area contributed by atoms with Crippen LogP contribution in [0.25, 0.3) is 0 Å². The van der Waals surface area contributed by atoms with Crippen LogP contribution in [0.1, 0.15) is 25.3 Å². The van der Waals surface area contributed by atoms with E-state index in [9.17, 15) is 9.59 Å². The minimum Gasteiger partial charge on any atom is -0.352 e. The van der Waals surface area contributed by atoms with E-state index < -0.39 is 0 Å². The summed E-state index contributed by atoms with van der Waals surface area (Å²) in [5.41, 5.74) is 1.82. The van der Waals surface area contributed by atoms with Crippen molar-refractivity contribution in [3.8, 4) is 0 Å². The molecular formula is C14H17BrN2O2. The standard InChI is InChI=1S/C14H17BrN2O2/c1-9-3-6-12(7-13(9)15)17(10(2)18)8-14(19)16-11-4-5-11/h3,6-7,11H,4-5,8H2,1-2H3,(H,16,19). The lowest BCUT2D eigenvalue weighted by molar-refractivity contribution is -0.123. The van der Waals surface area contributed by atoms with Gasteiger partial charge in [0.05, 0.1) is 0 Å². The van der Waals surface area contributed by atoms with Crippen molar-refractivity contribution in [3.63, 3.8) is 0 Å². The number of hydrogen-bond donors (Lipinski definition) is 1. The van der Waals surface area contributed by atoms with E-state index in [1.807, 2.05) is 25.1 Å². The Hall–Kier alpha value is -1.36. The number of benzene rings is 1. The van der Waals surface area contributed by atoms with Crippen LogP contribution in [0.3, 0.4) is 0 Å². The zero-order valence-corrected chi connectivity index (χ0v) is 12.7. The van der Waals surface area contributed by atoms with Crippen LogP contribution in [0.4, 0.5) is 5.69 Å². The topological polar surface area (TPSA) is 49.4 Å². The van der Waals surface area contributed by atoms with Crippen LogP contribution in [0.2, 0.25) is 0 Å². The van der Waals surface area contributed by atoms with Gasteiger partial charge < -0.3 is 10.2 Å². The van der Waals surface area contributed by atoms with Crippen molar-refractivity contribution < 1.29 is 9.59 Å². The molecule has 0 spiro atoms. The molecule has 1 aliphatic carbocycles. The molecule has 1 N–H and O–H groups in total. The Morgan fingerprint density at radius 1 is 1.42 bits per heavy atom. The number of carbonyl (C=O) groups excluding carboxylic acids is 2. The molecule has 2 amide bonds. The number of halogens is 1. The summed E-state index contributed by atoms with van der Waals surface area (Å²) < 4.78 is 0.929. The molecule has 19 heavy (non-hydrogen) atoms. The summed E-state index contributed by atoms with van der Waals surface area (Å²) in [5, 5.41) is 2.89. The minimum atomic E-state index is -0.137. The van der Waals surface area contributed by atoms with Gasteiger partial charge in [-0.05, 0) is 37.5 Å². The van der Waals surface area contributed by atoms with E-state index in [0.29, 0.717) is 6.04 Å². The van der Waals surface area contributed by atoms with Gasteiger partial charge in [-0.25, -0.2) is 0 Å². The van der Waals surface area contributed by atoms with Crippen LogP contribution in [0, 0.1) is 6.92 Å². The number of amides is 2. The van der Waals surface area contributed by atoms with Gasteiger partial charge in [0.15, 0.2) is 0 Å². The summed E-state index contributed by atoms with van der Waals surface area (Å²) in [6.45, 7) is 3.52. The van der Waals surface area contributed by atoms with Crippen molar-refractivity contribution in [1.82, 2.24) is 5.32 Å². The fourth-order valence-electron chi connectivity index (χ4n) is 1.78. The molecule has 1 saturated carbocycles. The monoisotopic (exact) mass is 324 g/mol. The van der Waals surface area contributed by atoms with Crippen LogP contribution in [-0.4, -0.2) is 24.4 Å². The third kappa shape index (κ3) is 3.80. The first-order chi connectivity index (χ1) is 8.97. The van der Waals surface area contributed by atoms with Gasteiger partial charge in [-0.15, -0.1) is 0 Å². The molecule has 1 aromatic carbocycles. The Kier molecular flexibility index (Phi) is 4.24. The van der Waals surface area contributed by atoms with Gasteiger partial charge in [0, 0.05) is 23.1 Å². The maximum atomic E-state index is 11.8. The highest BCUT2D eigenvalue weighted by atomic mass is 79.9. The molecule has 1 aliphatic rings. The number of hydrogen-bond acceptors (Lipinski definition) is 2. The highest BCUT2D eigenvalue weighted by Gasteiger charge is 2.25. The number of rotatable bonds is 4. The maximum Gasteiger partial charge on any atom is 0.240 e. The van der Waals surface area contributed by atoms with Gasteiger partial charge in [0.1, 0.15) is 6.54 Å². The lowest BCUT2D eigenvalue weighted by atomic mass is 10.2. The molecule has 0 unspecified atom stereocenters. The first kappa shape index (κ1) is 14.1. The summed E-state index contributed by atoms with van der Waals surface area (Å²) in [7, 11) is 0. The van der Waals surface area contributed by atoms with Gasteiger partial charge in [-0.2, -0.15) is 0 Å². The fraction of sp³-hybridized carbons (Fsp3) is 0.429. The van der Waals surface area contributed by atoms with Gasteiger partial charge in [0.25, 0.3) is 0 Å². The van der Waals surface area contributed by atoms with Crippen molar-refractivity contribution in [2.75, 3.05) is 11.4 Å². The fourth-order valence-corrected chi connectivity index (χ4v) is 2.15. The van der Waals surface area contributed by atoms with Crippen LogP contribution in [-0.2, 0) is 9.59 Å². The third-order valence-electron chi connectivity index (χ3n) is 3.09. The van der Waals surface area contributed by atoms with Gasteiger partial charge >= 0.3 is 0 Å². The molecule has 0 aromatic heterocycles. The van der Waals surface area contributed by atoms with E-state index in [-0.39, 0.29) is 18.4 Å². The van der Waals surface area contributed by atoms with E-state index in [2.05, 4.69) is 21.2 Å². The molecule has 0 radical (unpaired) electrons. The lowest BCUT2D eigenvalue weighted by Gasteiger charge is -2.21. The summed E-state index contributed by atoms with van der Waals surface area (Å²) >= 11 is 3.44. The molecule has 0 aliphatic heterocycles. The van der Waals surface area contributed by atoms with Crippen LogP contribution >= 0.6 is 15.9 Å². The molecule has 4 nitrogen and oxygen atoms in total. The largest absolute Gasteiger partial charge is 0.352 e. The lowest BCUT2D eigenvalue weighted by Crippen LogP contribution is -2.40. The Labute approximate surface area is 121 Å². The van der Waals surface area contributed by atoms with Crippen molar-refractivity contribution >= 4 is 33.4 Å². The number of carbonyl (C=O) groups is 2. The third-order valence-corrected chi connectivity index (χ3v) is 3.95. The van der Waals surface area contributed by atoms with E-state index in [4.69, 9.17) is 0 Å². The van der Waals surface area contributed by atoms with Crippen molar-refractivity contribution in [3.05, 3.63) is 28.2 Å². The van der Waals surface area contributed by atoms with Gasteiger partial charge in [-0.3, -0.25) is 9.59 Å². The second-order valence-corrected chi connectivity index (χ2v) is 5.73. The Morgan fingerprint density at radius 2 is 2.11 bits per heavy atom. The average molecular weight is 325 g/mol. The predicted molar refractivity (Wildman–Crippen MR) is 78.1 cm³/mol. The molecule has 2 rings (SSSR count). The van der Waals surface area contributed by atoms with Crippen molar-refractivity contribution in [2.45, 2.75) is 32.7 Å². The minimum absolute atomic E-state index is 0.0708. The number of nitrogens with zero attached hydrogens (tertiary/aromatic N) is 1. The van der Waals surface area contributed by atoms with E-state index >= 15 is 0 Å². The molecule has 0 heterocycles. The SMILES string of the molecule is CC(=O)N(CC(=O)NC1CC1)c1ccc(C)c(Br)c1. The molecular weight excluding hydrogens is 308 g/mol. The number of aryl methyl sites for hydroxylation is 1. The van der Waals surface area contributed by atoms with Crippen LogP contribution in [0.5, 0.6) is 0 Å². The summed E-state index contributed by atoms with van der Waals surface area (Å²) in [6.07, 6.45) is 2.09. The second kappa shape index (κ2) is 5.74. The second-order valence-electron chi connectivity index (χ2n) is 4.88. The number of anilines is 1. The predicted octanol–water partition coefficient (Wildman–Crippen LogP) is 2.39. The molecule has 1 aromatic rings. The molecule has 1 fully saturated rings. The van der Waals surface area contributed by atoms with E-state index in [0.717, 1.165) is 28.6 Å². The van der Waals surface area contributed by atoms with Crippen LogP contribution in [0.15, 0.2) is 22.7 Å². The molecule has 0 saturated heterocycles. The maximum absolute atomic E-state index is 11.8. The molecule has 5 heteroatoms. The average Bonchev–Trinajstić information content (AvgIpc) is 3.13. The van der Waals surface area contributed by atoms with E-state index in [1.54, 1.807) is 0 Å². The first-order valence-corrected chi connectivity index (χ1v) is 7.10. The molecule has 0 bridgehead atoms. The first-order valence-electron chi connectivity index (χ1n) is 6.31. The highest BCUT2D eigenvalue weighted by Crippen LogP contribution is 2.24. The Bertz CT molecular complexity index is 512. The highest BCUT2D eigenvalue weighted by molar-refractivity contribution is 9.10. The normalized spacial score (nSPS) is 14.1.